The predicted octanol–water partition coefficient (Wildman–Crippen LogP) is 1.82. The molecule has 0 radical (unpaired) electrons. The van der Waals surface area contributed by atoms with Crippen molar-refractivity contribution in [2.75, 3.05) is 20.1 Å². The number of piperidine rings is 1. The highest BCUT2D eigenvalue weighted by Crippen LogP contribution is 2.48. The lowest BCUT2D eigenvalue weighted by Gasteiger charge is -2.43. The minimum Gasteiger partial charge on any atom is -0.507 e. The van der Waals surface area contributed by atoms with Crippen molar-refractivity contribution < 1.29 is 33.5 Å². The Balaban J connectivity index is 2.08. The third-order valence-corrected chi connectivity index (χ3v) is 6.87. The summed E-state index contributed by atoms with van der Waals surface area (Å²) in [7, 11) is -1.47. The Bertz CT molecular complexity index is 1340. The van der Waals surface area contributed by atoms with Gasteiger partial charge in [0, 0.05) is 35.1 Å². The average molecular weight is 494 g/mol. The number of aromatic hydroxyl groups is 1. The van der Waals surface area contributed by atoms with E-state index in [9.17, 15) is 29.4 Å². The Morgan fingerprint density at radius 1 is 1.30 bits per heavy atom. The second-order valence-corrected chi connectivity index (χ2v) is 10.0. The summed E-state index contributed by atoms with van der Waals surface area (Å²) in [6.45, 7) is 0.913. The molecule has 1 fully saturated rings. The molecule has 0 saturated carbocycles. The summed E-state index contributed by atoms with van der Waals surface area (Å²) in [5.41, 5.74) is -0.213. The average Bonchev–Trinajstić information content (AvgIpc) is 2.69. The van der Waals surface area contributed by atoms with Crippen LogP contribution in [0.25, 0.3) is 22.3 Å². The van der Waals surface area contributed by atoms with Crippen molar-refractivity contribution in [2.24, 2.45) is 0 Å². The number of nitrogens with zero attached hydrogens (tertiary/aromatic N) is 1. The molecule has 1 aliphatic rings. The van der Waals surface area contributed by atoms with Crippen molar-refractivity contribution in [3.05, 3.63) is 57.2 Å². The molecule has 0 bridgehead atoms. The van der Waals surface area contributed by atoms with Crippen LogP contribution in [0, 0.1) is 0 Å². The first-order valence-corrected chi connectivity index (χ1v) is 12.0. The molecule has 1 saturated heterocycles. The molecule has 0 spiro atoms. The van der Waals surface area contributed by atoms with Gasteiger partial charge < -0.3 is 24.1 Å². The summed E-state index contributed by atoms with van der Waals surface area (Å²) in [4.78, 5) is 33.8. The van der Waals surface area contributed by atoms with Crippen molar-refractivity contribution in [1.82, 2.24) is 4.90 Å². The molecule has 0 aliphatic carbocycles. The van der Waals surface area contributed by atoms with Crippen molar-refractivity contribution in [3.63, 3.8) is 0 Å². The number of fused-ring (bicyclic) bond motifs is 1. The van der Waals surface area contributed by atoms with E-state index in [0.29, 0.717) is 30.1 Å². The van der Waals surface area contributed by atoms with Crippen LogP contribution >= 0.6 is 19.4 Å². The van der Waals surface area contributed by atoms with Gasteiger partial charge in [-0.1, -0.05) is 23.7 Å². The standard InChI is InChI=1S/C21H22BClNO8P/c1-24-7-6-21(22,17(27)10-24)19-14(26)9-16(32-33(28,29)30)18-13(25)8-15(31-20(18)19)11-4-2-3-5-12(11)23/h2-5,8-9,17,26-27H,6-7,10,22H2,1H3,(H2,28,29,30). The Labute approximate surface area is 194 Å². The fourth-order valence-electron chi connectivity index (χ4n) is 4.30. The van der Waals surface area contributed by atoms with E-state index < -0.39 is 36.2 Å². The van der Waals surface area contributed by atoms with Gasteiger partial charge in [-0.3, -0.25) is 14.6 Å². The van der Waals surface area contributed by atoms with Crippen LogP contribution < -0.4 is 9.95 Å². The molecule has 2 atom stereocenters. The number of phenols is 1. The van der Waals surface area contributed by atoms with Crippen LogP contribution in [-0.2, 0) is 9.88 Å². The highest BCUT2D eigenvalue weighted by atomic mass is 35.5. The number of halogens is 1. The number of benzene rings is 2. The lowest BCUT2D eigenvalue weighted by atomic mass is 9.56. The minimum absolute atomic E-state index is 0.0955. The van der Waals surface area contributed by atoms with Crippen LogP contribution in [0.15, 0.2) is 45.6 Å². The van der Waals surface area contributed by atoms with Gasteiger partial charge in [0.1, 0.15) is 36.1 Å². The summed E-state index contributed by atoms with van der Waals surface area (Å²) in [5.74, 6) is -0.848. The summed E-state index contributed by atoms with van der Waals surface area (Å²) in [6, 6.07) is 8.80. The number of β-amino-alcohol motifs (C(OH)–C–C–N with tert-alkyl or cyclic N) is 1. The van der Waals surface area contributed by atoms with Crippen molar-refractivity contribution in [3.8, 4) is 22.8 Å². The first kappa shape index (κ1) is 23.8. The van der Waals surface area contributed by atoms with Crippen LogP contribution in [0.3, 0.4) is 0 Å². The first-order valence-electron chi connectivity index (χ1n) is 10.1. The third-order valence-electron chi connectivity index (χ3n) is 6.11. The highest BCUT2D eigenvalue weighted by Gasteiger charge is 2.43. The van der Waals surface area contributed by atoms with E-state index in [4.69, 9.17) is 20.5 Å². The van der Waals surface area contributed by atoms with E-state index in [0.717, 1.165) is 12.1 Å². The molecule has 4 rings (SSSR count). The molecule has 33 heavy (non-hydrogen) atoms. The van der Waals surface area contributed by atoms with Crippen LogP contribution in [0.2, 0.25) is 5.02 Å². The smallest absolute Gasteiger partial charge is 0.507 e. The van der Waals surface area contributed by atoms with Gasteiger partial charge in [-0.05, 0) is 32.1 Å². The van der Waals surface area contributed by atoms with E-state index in [-0.39, 0.29) is 22.3 Å². The van der Waals surface area contributed by atoms with E-state index in [1.165, 1.54) is 0 Å². The molecule has 2 unspecified atom stereocenters. The normalized spacial score (nSPS) is 21.9. The number of phosphoric ester groups is 1. The van der Waals surface area contributed by atoms with Gasteiger partial charge in [0.05, 0.1) is 11.1 Å². The maximum atomic E-state index is 13.2. The van der Waals surface area contributed by atoms with E-state index >= 15 is 0 Å². The number of aliphatic hydroxyl groups is 1. The van der Waals surface area contributed by atoms with Gasteiger partial charge >= 0.3 is 7.82 Å². The number of phosphoric acid groups is 1. The zero-order valence-corrected chi connectivity index (χ0v) is 19.5. The number of hydrogen-bond donors (Lipinski definition) is 4. The number of hydrogen-bond acceptors (Lipinski definition) is 7. The number of aliphatic hydroxyl groups excluding tert-OH is 1. The van der Waals surface area contributed by atoms with Gasteiger partial charge in [-0.2, -0.15) is 0 Å². The second-order valence-electron chi connectivity index (χ2n) is 8.46. The third kappa shape index (κ3) is 4.42. The van der Waals surface area contributed by atoms with Crippen molar-refractivity contribution in [2.45, 2.75) is 17.8 Å². The molecule has 4 N–H and O–H groups in total. The maximum Gasteiger partial charge on any atom is 0.524 e. The van der Waals surface area contributed by atoms with E-state index in [1.807, 2.05) is 11.9 Å². The molecule has 12 heteroatoms. The van der Waals surface area contributed by atoms with Gasteiger partial charge in [0.15, 0.2) is 5.43 Å². The fraction of sp³-hybridized carbons (Fsp3) is 0.286. The molecule has 2 heterocycles. The topological polar surface area (TPSA) is 141 Å². The van der Waals surface area contributed by atoms with Gasteiger partial charge in [0.25, 0.3) is 0 Å². The molecular formula is C21H22BClNO8P. The van der Waals surface area contributed by atoms with Crippen LogP contribution in [0.5, 0.6) is 11.5 Å². The first-order chi connectivity index (χ1) is 15.4. The predicted molar refractivity (Wildman–Crippen MR) is 126 cm³/mol. The van der Waals surface area contributed by atoms with Crippen LogP contribution in [-0.4, -0.2) is 59.0 Å². The fourth-order valence-corrected chi connectivity index (χ4v) is 4.93. The Hall–Kier alpha value is -2.33. The lowest BCUT2D eigenvalue weighted by molar-refractivity contribution is 0.0447. The Morgan fingerprint density at radius 2 is 2.00 bits per heavy atom. The van der Waals surface area contributed by atoms with Crippen molar-refractivity contribution >= 4 is 38.2 Å². The number of likely N-dealkylation sites (N-methyl/N-ethyl adjacent to an activating group) is 1. The van der Waals surface area contributed by atoms with Gasteiger partial charge in [0.2, 0.25) is 0 Å². The molecule has 0 amide bonds. The molecule has 174 valence electrons. The Kier molecular flexibility index (Phi) is 6.11. The van der Waals surface area contributed by atoms with Crippen LogP contribution in [0.4, 0.5) is 0 Å². The second kappa shape index (κ2) is 8.47. The zero-order valence-electron chi connectivity index (χ0n) is 17.9. The molecule has 1 aromatic heterocycles. The largest absolute Gasteiger partial charge is 0.524 e. The number of rotatable bonds is 4. The van der Waals surface area contributed by atoms with E-state index in [1.54, 1.807) is 32.1 Å². The van der Waals surface area contributed by atoms with Gasteiger partial charge in [-0.15, -0.1) is 0 Å². The zero-order chi connectivity index (χ0) is 24.1. The Morgan fingerprint density at radius 3 is 2.64 bits per heavy atom. The molecule has 2 aromatic carbocycles. The quantitative estimate of drug-likeness (QED) is 0.316. The summed E-state index contributed by atoms with van der Waals surface area (Å²) >= 11 is 6.28. The molecule has 1 aliphatic heterocycles. The lowest BCUT2D eigenvalue weighted by Crippen LogP contribution is -2.53. The SMILES string of the molecule is BC1(c2c(O)cc(OP(=O)(O)O)c3c(=O)cc(-c4ccccc4Cl)oc23)CCN(C)CC1O. The minimum atomic E-state index is -5.06. The number of phenolic OH excluding ortho intramolecular Hbond substituents is 1. The summed E-state index contributed by atoms with van der Waals surface area (Å²) in [5, 5.41) is 20.9. The summed E-state index contributed by atoms with van der Waals surface area (Å²) in [6.07, 6.45) is -0.500. The molecular weight excluding hydrogens is 471 g/mol. The molecule has 3 aromatic rings. The number of likely N-dealkylation sites (tertiary alicyclic amines) is 1. The van der Waals surface area contributed by atoms with Gasteiger partial charge in [-0.25, -0.2) is 4.57 Å². The summed E-state index contributed by atoms with van der Waals surface area (Å²) < 4.78 is 22.3. The highest BCUT2D eigenvalue weighted by molar-refractivity contribution is 7.46. The van der Waals surface area contributed by atoms with Crippen molar-refractivity contribution in [1.29, 1.82) is 0 Å². The monoisotopic (exact) mass is 493 g/mol. The molecule has 9 nitrogen and oxygen atoms in total. The maximum absolute atomic E-state index is 13.2. The van der Waals surface area contributed by atoms with E-state index in [2.05, 4.69) is 0 Å². The van der Waals surface area contributed by atoms with Crippen LogP contribution in [0.1, 0.15) is 12.0 Å².